The van der Waals surface area contributed by atoms with E-state index < -0.39 is 17.4 Å². The number of ether oxygens (including phenoxy) is 1. The van der Waals surface area contributed by atoms with Gasteiger partial charge < -0.3 is 14.4 Å². The number of aryl methyl sites for hydroxylation is 1. The smallest absolute Gasteiger partial charge is 0.354 e. The molecule has 0 spiro atoms. The molecule has 1 N–H and O–H groups in total. The Morgan fingerprint density at radius 2 is 2.18 bits per heavy atom. The maximum atomic E-state index is 11.4. The summed E-state index contributed by atoms with van der Waals surface area (Å²) in [6, 6.07) is 1.70. The highest BCUT2D eigenvalue weighted by molar-refractivity contribution is 5.88. The fourth-order valence-electron chi connectivity index (χ4n) is 2.05. The zero-order valence-corrected chi connectivity index (χ0v) is 9.90. The van der Waals surface area contributed by atoms with Gasteiger partial charge in [0.2, 0.25) is 0 Å². The second-order valence-corrected chi connectivity index (χ2v) is 4.60. The van der Waals surface area contributed by atoms with Crippen molar-refractivity contribution in [1.29, 1.82) is 0 Å². The predicted octanol–water partition coefficient (Wildman–Crippen LogP) is 1.22. The number of rotatable bonds is 4. The van der Waals surface area contributed by atoms with Gasteiger partial charge in [0.05, 0.1) is 12.5 Å². The zero-order valence-electron chi connectivity index (χ0n) is 9.90. The van der Waals surface area contributed by atoms with Crippen LogP contribution < -0.4 is 0 Å². The maximum Gasteiger partial charge on any atom is 0.354 e. The van der Waals surface area contributed by atoms with Crippen molar-refractivity contribution in [1.82, 2.24) is 4.57 Å². The van der Waals surface area contributed by atoms with Crippen molar-refractivity contribution >= 4 is 11.9 Å². The Kier molecular flexibility index (Phi) is 2.69. The number of carboxylic acid groups (broad SMARTS) is 1. The van der Waals surface area contributed by atoms with E-state index >= 15 is 0 Å². The summed E-state index contributed by atoms with van der Waals surface area (Å²) in [4.78, 5) is 22.5. The van der Waals surface area contributed by atoms with Gasteiger partial charge in [0.1, 0.15) is 5.69 Å². The molecule has 0 radical (unpaired) electrons. The Bertz CT molecular complexity index is 471. The molecule has 1 aliphatic carbocycles. The van der Waals surface area contributed by atoms with Gasteiger partial charge in [-0.15, -0.1) is 0 Å². The molecule has 0 saturated heterocycles. The molecule has 0 amide bonds. The third-order valence-corrected chi connectivity index (χ3v) is 3.31. The normalized spacial score (nSPS) is 16.6. The molecule has 2 rings (SSSR count). The van der Waals surface area contributed by atoms with E-state index in [2.05, 4.69) is 4.74 Å². The Hall–Kier alpha value is -1.78. The second-order valence-electron chi connectivity index (χ2n) is 4.60. The van der Waals surface area contributed by atoms with Crippen molar-refractivity contribution < 1.29 is 19.4 Å². The Labute approximate surface area is 99.0 Å². The molecule has 0 bridgehead atoms. The summed E-state index contributed by atoms with van der Waals surface area (Å²) in [5.74, 6) is -1.15. The SMILES string of the molecule is COC(=O)c1cc(CC2(C(=O)O)CC2)cn1C. The van der Waals surface area contributed by atoms with E-state index in [1.54, 1.807) is 23.9 Å². The van der Waals surface area contributed by atoms with E-state index in [0.29, 0.717) is 25.0 Å². The molecule has 1 aliphatic rings. The number of aliphatic carboxylic acids is 1. The highest BCUT2D eigenvalue weighted by Crippen LogP contribution is 2.48. The first-order valence-electron chi connectivity index (χ1n) is 5.45. The summed E-state index contributed by atoms with van der Waals surface area (Å²) in [6.45, 7) is 0. The number of hydrogen-bond donors (Lipinski definition) is 1. The minimum absolute atomic E-state index is 0.404. The van der Waals surface area contributed by atoms with Crippen LogP contribution in [0.4, 0.5) is 0 Å². The molecule has 1 heterocycles. The van der Waals surface area contributed by atoms with Crippen molar-refractivity contribution in [3.63, 3.8) is 0 Å². The van der Waals surface area contributed by atoms with Gasteiger partial charge in [0.25, 0.3) is 0 Å². The topological polar surface area (TPSA) is 68.5 Å². The van der Waals surface area contributed by atoms with Crippen molar-refractivity contribution in [2.45, 2.75) is 19.3 Å². The monoisotopic (exact) mass is 237 g/mol. The predicted molar refractivity (Wildman–Crippen MR) is 59.8 cm³/mol. The second kappa shape index (κ2) is 3.91. The van der Waals surface area contributed by atoms with E-state index in [1.807, 2.05) is 0 Å². The summed E-state index contributed by atoms with van der Waals surface area (Å²) in [7, 11) is 3.07. The number of hydrogen-bond acceptors (Lipinski definition) is 3. The summed E-state index contributed by atoms with van der Waals surface area (Å²) >= 11 is 0. The van der Waals surface area contributed by atoms with Gasteiger partial charge in [0, 0.05) is 13.2 Å². The average molecular weight is 237 g/mol. The lowest BCUT2D eigenvalue weighted by molar-refractivity contribution is -0.143. The minimum atomic E-state index is -0.749. The molecular weight excluding hydrogens is 222 g/mol. The molecule has 5 nitrogen and oxygen atoms in total. The lowest BCUT2D eigenvalue weighted by Gasteiger charge is -2.06. The van der Waals surface area contributed by atoms with Gasteiger partial charge >= 0.3 is 11.9 Å². The summed E-state index contributed by atoms with van der Waals surface area (Å²) in [5, 5.41) is 9.10. The number of methoxy groups -OCH3 is 1. The van der Waals surface area contributed by atoms with Crippen LogP contribution in [0.15, 0.2) is 12.3 Å². The van der Waals surface area contributed by atoms with E-state index in [1.165, 1.54) is 7.11 Å². The first-order chi connectivity index (χ1) is 7.98. The zero-order chi connectivity index (χ0) is 12.6. The third-order valence-electron chi connectivity index (χ3n) is 3.31. The standard InChI is InChI=1S/C12H15NO4/c1-13-7-8(5-9(13)10(14)17-2)6-12(3-4-12)11(15)16/h5,7H,3-4,6H2,1-2H3,(H,15,16). The molecule has 1 aromatic heterocycles. The quantitative estimate of drug-likeness (QED) is 0.799. The first kappa shape index (κ1) is 11.7. The lowest BCUT2D eigenvalue weighted by Crippen LogP contribution is -2.17. The number of nitrogens with zero attached hydrogens (tertiary/aromatic N) is 1. The summed E-state index contributed by atoms with van der Waals surface area (Å²) < 4.78 is 6.31. The van der Waals surface area contributed by atoms with Gasteiger partial charge in [-0.05, 0) is 30.9 Å². The molecule has 1 aromatic rings. The van der Waals surface area contributed by atoms with Crippen LogP contribution in [0.3, 0.4) is 0 Å². The Morgan fingerprint density at radius 1 is 1.53 bits per heavy atom. The van der Waals surface area contributed by atoms with E-state index in [0.717, 1.165) is 5.56 Å². The maximum absolute atomic E-state index is 11.4. The van der Waals surface area contributed by atoms with E-state index in [-0.39, 0.29) is 0 Å². The van der Waals surface area contributed by atoms with Crippen LogP contribution in [0.2, 0.25) is 0 Å². The average Bonchev–Trinajstić information content (AvgIpc) is 2.97. The van der Waals surface area contributed by atoms with Crippen LogP contribution in [-0.2, 0) is 23.0 Å². The number of carbonyl (C=O) groups is 2. The molecule has 1 fully saturated rings. The molecule has 17 heavy (non-hydrogen) atoms. The van der Waals surface area contributed by atoms with Crippen LogP contribution in [-0.4, -0.2) is 28.7 Å². The fraction of sp³-hybridized carbons (Fsp3) is 0.500. The van der Waals surface area contributed by atoms with Gasteiger partial charge in [-0.25, -0.2) is 4.79 Å². The van der Waals surface area contributed by atoms with E-state index in [4.69, 9.17) is 5.11 Å². The van der Waals surface area contributed by atoms with Crippen molar-refractivity contribution in [2.24, 2.45) is 12.5 Å². The van der Waals surface area contributed by atoms with Crippen LogP contribution >= 0.6 is 0 Å². The lowest BCUT2D eigenvalue weighted by atomic mass is 9.98. The highest BCUT2D eigenvalue weighted by Gasteiger charge is 2.50. The van der Waals surface area contributed by atoms with Crippen LogP contribution in [0.5, 0.6) is 0 Å². The molecule has 5 heteroatoms. The fourth-order valence-corrected chi connectivity index (χ4v) is 2.05. The number of aromatic nitrogens is 1. The summed E-state index contributed by atoms with van der Waals surface area (Å²) in [6.07, 6.45) is 3.69. The Balaban J connectivity index is 2.19. The molecular formula is C12H15NO4. The number of carbonyl (C=O) groups excluding carboxylic acids is 1. The highest BCUT2D eigenvalue weighted by atomic mass is 16.5. The van der Waals surface area contributed by atoms with E-state index in [9.17, 15) is 9.59 Å². The molecule has 0 aliphatic heterocycles. The largest absolute Gasteiger partial charge is 0.481 e. The van der Waals surface area contributed by atoms with Gasteiger partial charge in [-0.3, -0.25) is 4.79 Å². The molecule has 0 unspecified atom stereocenters. The van der Waals surface area contributed by atoms with Crippen molar-refractivity contribution in [2.75, 3.05) is 7.11 Å². The van der Waals surface area contributed by atoms with Crippen molar-refractivity contribution in [3.8, 4) is 0 Å². The third kappa shape index (κ3) is 2.05. The Morgan fingerprint density at radius 3 is 2.65 bits per heavy atom. The number of carboxylic acids is 1. The van der Waals surface area contributed by atoms with Crippen LogP contribution in [0, 0.1) is 5.41 Å². The van der Waals surface area contributed by atoms with Crippen molar-refractivity contribution in [3.05, 3.63) is 23.5 Å². The van der Waals surface area contributed by atoms with Gasteiger partial charge in [0.15, 0.2) is 0 Å². The van der Waals surface area contributed by atoms with Crippen LogP contribution in [0.1, 0.15) is 28.9 Å². The molecule has 0 atom stereocenters. The minimum Gasteiger partial charge on any atom is -0.481 e. The molecule has 92 valence electrons. The van der Waals surface area contributed by atoms with Crippen LogP contribution in [0.25, 0.3) is 0 Å². The summed E-state index contributed by atoms with van der Waals surface area (Å²) in [5.41, 5.74) is 0.714. The number of esters is 1. The molecule has 1 saturated carbocycles. The molecule has 0 aromatic carbocycles. The van der Waals surface area contributed by atoms with Gasteiger partial charge in [-0.2, -0.15) is 0 Å². The first-order valence-corrected chi connectivity index (χ1v) is 5.45. The van der Waals surface area contributed by atoms with Gasteiger partial charge in [-0.1, -0.05) is 0 Å².